The Morgan fingerprint density at radius 1 is 0.882 bits per heavy atom. The molecule has 11 heteroatoms. The molecule has 0 spiro atoms. The number of hydrogen-bond acceptors (Lipinski definition) is 8. The predicted molar refractivity (Wildman–Crippen MR) is 196 cm³/mol. The summed E-state index contributed by atoms with van der Waals surface area (Å²) in [5, 5.41) is 22.5. The van der Waals surface area contributed by atoms with E-state index in [0.29, 0.717) is 43.0 Å². The Morgan fingerprint density at radius 3 is 2.25 bits per heavy atom. The number of hydrogen-bond donors (Lipinski definition) is 3. The largest absolute Gasteiger partial charge is 0.392 e. The first kappa shape index (κ1) is 35.7. The average molecular weight is 728 g/mol. The quantitative estimate of drug-likeness (QED) is 0.147. The van der Waals surface area contributed by atoms with Gasteiger partial charge >= 0.3 is 0 Å². The van der Waals surface area contributed by atoms with E-state index in [1.165, 1.54) is 0 Å². The van der Waals surface area contributed by atoms with Gasteiger partial charge in [0, 0.05) is 54.3 Å². The number of pyridine rings is 1. The van der Waals surface area contributed by atoms with Crippen LogP contribution in [0.3, 0.4) is 0 Å². The van der Waals surface area contributed by atoms with Crippen LogP contribution in [0.15, 0.2) is 114 Å². The molecule has 4 unspecified atom stereocenters. The van der Waals surface area contributed by atoms with Crippen LogP contribution in [0.5, 0.6) is 0 Å². The van der Waals surface area contributed by atoms with Crippen LogP contribution in [0.1, 0.15) is 60.0 Å². The summed E-state index contributed by atoms with van der Waals surface area (Å²) in [5.74, 6) is 0.00976. The van der Waals surface area contributed by atoms with Crippen LogP contribution in [0.4, 0.5) is 0 Å². The van der Waals surface area contributed by atoms with Crippen LogP contribution in [0.25, 0.3) is 10.9 Å². The number of nitrogens with zero attached hydrogens (tertiary/aromatic N) is 2. The van der Waals surface area contributed by atoms with Crippen LogP contribution in [-0.4, -0.2) is 54.3 Å². The summed E-state index contributed by atoms with van der Waals surface area (Å²) >= 11 is 6.09. The number of rotatable bonds is 10. The van der Waals surface area contributed by atoms with Gasteiger partial charge < -0.3 is 24.6 Å². The molecule has 51 heavy (non-hydrogen) atoms. The summed E-state index contributed by atoms with van der Waals surface area (Å²) in [6, 6.07) is 31.6. The van der Waals surface area contributed by atoms with Crippen molar-refractivity contribution in [1.29, 1.82) is 0 Å². The van der Waals surface area contributed by atoms with Gasteiger partial charge in [0.05, 0.1) is 29.9 Å². The fraction of sp³-hybridized carbons (Fsp3) is 0.325. The highest BCUT2D eigenvalue weighted by Gasteiger charge is 2.41. The molecule has 0 bridgehead atoms. The van der Waals surface area contributed by atoms with Crippen LogP contribution in [-0.2, 0) is 38.2 Å². The van der Waals surface area contributed by atoms with E-state index in [-0.39, 0.29) is 36.2 Å². The molecule has 9 nitrogen and oxygen atoms in total. The van der Waals surface area contributed by atoms with Gasteiger partial charge in [-0.05, 0) is 59.4 Å². The van der Waals surface area contributed by atoms with Gasteiger partial charge in [0.1, 0.15) is 4.90 Å². The molecule has 2 aliphatic heterocycles. The summed E-state index contributed by atoms with van der Waals surface area (Å²) in [6.07, 6.45) is 1.70. The lowest BCUT2D eigenvalue weighted by Crippen LogP contribution is -2.49. The third-order valence-corrected chi connectivity index (χ3v) is 11.9. The molecule has 1 aromatic heterocycles. The van der Waals surface area contributed by atoms with E-state index in [2.05, 4.69) is 21.5 Å². The normalized spacial score (nSPS) is 22.6. The third-order valence-electron chi connectivity index (χ3n) is 10.2. The SMILES string of the molecule is CC1C(CN2CCC(O)(c3ccc(Cl)cc3)CC2)OC(c2ccc(CNS(=O)(=O)c3cccc4cccnc34)cc2)OC1c1ccc(CO)cc1. The molecule has 0 saturated carbocycles. The molecule has 5 aromatic rings. The highest BCUT2D eigenvalue weighted by molar-refractivity contribution is 7.89. The summed E-state index contributed by atoms with van der Waals surface area (Å²) in [6.45, 7) is 4.31. The van der Waals surface area contributed by atoms with Crippen LogP contribution in [0.2, 0.25) is 5.02 Å². The number of fused-ring (bicyclic) bond motifs is 1. The number of halogens is 1. The number of aromatic nitrogens is 1. The fourth-order valence-corrected chi connectivity index (χ4v) is 8.40. The van der Waals surface area contributed by atoms with Crippen LogP contribution in [0, 0.1) is 5.92 Å². The number of para-hydroxylation sites is 1. The minimum absolute atomic E-state index is 0.00976. The van der Waals surface area contributed by atoms with E-state index < -0.39 is 21.9 Å². The number of aliphatic hydroxyl groups is 2. The van der Waals surface area contributed by atoms with Gasteiger partial charge in [0.25, 0.3) is 0 Å². The molecule has 7 rings (SSSR count). The zero-order valence-electron chi connectivity index (χ0n) is 28.4. The number of benzene rings is 4. The highest BCUT2D eigenvalue weighted by atomic mass is 35.5. The lowest BCUT2D eigenvalue weighted by Gasteiger charge is -2.45. The zero-order valence-corrected chi connectivity index (χ0v) is 29.9. The second kappa shape index (κ2) is 15.1. The predicted octanol–water partition coefficient (Wildman–Crippen LogP) is 6.63. The molecular weight excluding hydrogens is 686 g/mol. The first-order valence-electron chi connectivity index (χ1n) is 17.3. The van der Waals surface area contributed by atoms with Crippen molar-refractivity contribution in [2.45, 2.75) is 61.9 Å². The molecular formula is C40H42ClN3O6S. The standard InChI is InChI=1S/C40H42ClN3O6S/c1-27-35(25-44-22-19-40(46,20-23-44)33-15-17-34(41)18-16-33)49-39(50-38(27)31-11-9-29(26-45)10-12-31)32-13-7-28(8-14-32)24-43-51(47,48)36-6-2-4-30-5-3-21-42-37(30)36/h2-18,21,27,35,38-39,43,45-46H,19-20,22-26H2,1H3. The Labute approximate surface area is 303 Å². The molecule has 266 valence electrons. The van der Waals surface area contributed by atoms with Gasteiger partial charge in [-0.1, -0.05) is 97.4 Å². The van der Waals surface area contributed by atoms with E-state index >= 15 is 0 Å². The molecule has 0 aliphatic carbocycles. The second-order valence-electron chi connectivity index (χ2n) is 13.6. The number of piperidine rings is 1. The van der Waals surface area contributed by atoms with Crippen molar-refractivity contribution < 1.29 is 28.1 Å². The van der Waals surface area contributed by atoms with Crippen molar-refractivity contribution >= 4 is 32.5 Å². The lowest BCUT2D eigenvalue weighted by molar-refractivity contribution is -0.277. The molecule has 2 aliphatic rings. The Morgan fingerprint density at radius 2 is 1.55 bits per heavy atom. The maximum atomic E-state index is 13.3. The Hall–Kier alpha value is -3.71. The van der Waals surface area contributed by atoms with Gasteiger partial charge in [-0.2, -0.15) is 0 Å². The van der Waals surface area contributed by atoms with Gasteiger partial charge in [0.2, 0.25) is 10.0 Å². The van der Waals surface area contributed by atoms with Crippen molar-refractivity contribution in [3.8, 4) is 0 Å². The molecule has 3 heterocycles. The Bertz CT molecular complexity index is 2050. The van der Waals surface area contributed by atoms with Crippen molar-refractivity contribution in [2.24, 2.45) is 5.92 Å². The Kier molecular flexibility index (Phi) is 10.6. The van der Waals surface area contributed by atoms with Crippen molar-refractivity contribution in [3.63, 3.8) is 0 Å². The number of ether oxygens (including phenoxy) is 2. The van der Waals surface area contributed by atoms with Gasteiger partial charge in [-0.3, -0.25) is 4.98 Å². The van der Waals surface area contributed by atoms with Gasteiger partial charge in [0.15, 0.2) is 6.29 Å². The zero-order chi connectivity index (χ0) is 35.6. The maximum absolute atomic E-state index is 13.3. The smallest absolute Gasteiger partial charge is 0.243 e. The summed E-state index contributed by atoms with van der Waals surface area (Å²) in [5.41, 5.74) is 3.86. The van der Waals surface area contributed by atoms with E-state index in [1.807, 2.05) is 84.9 Å². The topological polar surface area (TPSA) is 121 Å². The van der Waals surface area contributed by atoms with E-state index in [0.717, 1.165) is 33.2 Å². The minimum atomic E-state index is -3.81. The molecule has 4 aromatic carbocycles. The molecule has 3 N–H and O–H groups in total. The number of sulfonamides is 1. The van der Waals surface area contributed by atoms with Crippen LogP contribution >= 0.6 is 11.6 Å². The molecule has 0 amide bonds. The van der Waals surface area contributed by atoms with E-state index in [1.54, 1.807) is 24.4 Å². The van der Waals surface area contributed by atoms with Gasteiger partial charge in [-0.15, -0.1) is 0 Å². The molecule has 2 fully saturated rings. The number of likely N-dealkylation sites (tertiary alicyclic amines) is 1. The van der Waals surface area contributed by atoms with Crippen LogP contribution < -0.4 is 4.72 Å². The summed E-state index contributed by atoms with van der Waals surface area (Å²) in [4.78, 5) is 6.78. The Balaban J connectivity index is 1.06. The average Bonchev–Trinajstić information content (AvgIpc) is 3.16. The monoisotopic (exact) mass is 727 g/mol. The van der Waals surface area contributed by atoms with Crippen molar-refractivity contribution in [1.82, 2.24) is 14.6 Å². The summed E-state index contributed by atoms with van der Waals surface area (Å²) in [7, 11) is -3.81. The van der Waals surface area contributed by atoms with Gasteiger partial charge in [-0.25, -0.2) is 13.1 Å². The first-order chi connectivity index (χ1) is 24.6. The lowest BCUT2D eigenvalue weighted by atomic mass is 9.84. The molecule has 2 saturated heterocycles. The number of aliphatic hydroxyl groups excluding tert-OH is 1. The third kappa shape index (κ3) is 7.89. The van der Waals surface area contributed by atoms with E-state index in [9.17, 15) is 18.6 Å². The molecule has 4 atom stereocenters. The van der Waals surface area contributed by atoms with E-state index in [4.69, 9.17) is 21.1 Å². The second-order valence-corrected chi connectivity index (χ2v) is 15.7. The first-order valence-corrected chi connectivity index (χ1v) is 19.1. The minimum Gasteiger partial charge on any atom is -0.392 e. The maximum Gasteiger partial charge on any atom is 0.243 e. The van der Waals surface area contributed by atoms with Crippen molar-refractivity contribution in [2.75, 3.05) is 19.6 Å². The highest BCUT2D eigenvalue weighted by Crippen LogP contribution is 2.42. The summed E-state index contributed by atoms with van der Waals surface area (Å²) < 4.78 is 42.6. The number of nitrogens with one attached hydrogen (secondary N) is 1. The van der Waals surface area contributed by atoms with Crippen molar-refractivity contribution in [3.05, 3.63) is 142 Å². The fourth-order valence-electron chi connectivity index (χ4n) is 7.08. The molecule has 0 radical (unpaired) electrons.